The molecule has 0 aliphatic carbocycles. The van der Waals surface area contributed by atoms with Gasteiger partial charge in [0.05, 0.1) is 23.4 Å². The van der Waals surface area contributed by atoms with Crippen molar-refractivity contribution in [1.82, 2.24) is 10.6 Å². The van der Waals surface area contributed by atoms with Gasteiger partial charge in [-0.1, -0.05) is 30.3 Å². The summed E-state index contributed by atoms with van der Waals surface area (Å²) in [6.45, 7) is 5.09. The Balaban J connectivity index is 1.58. The van der Waals surface area contributed by atoms with Crippen LogP contribution in [-0.2, 0) is 10.8 Å². The quantitative estimate of drug-likeness (QED) is 0.433. The zero-order chi connectivity index (χ0) is 20.6. The molecule has 0 radical (unpaired) electrons. The summed E-state index contributed by atoms with van der Waals surface area (Å²) in [4.78, 5) is 5.08. The number of para-hydroxylation sites is 1. The average molecular weight is 414 g/mol. The Morgan fingerprint density at radius 2 is 2.00 bits per heavy atom. The maximum Gasteiger partial charge on any atom is 0.191 e. The summed E-state index contributed by atoms with van der Waals surface area (Å²) < 4.78 is 24.0. The molecule has 0 saturated carbocycles. The van der Waals surface area contributed by atoms with Crippen LogP contribution in [0.1, 0.15) is 25.6 Å². The lowest BCUT2D eigenvalue weighted by Crippen LogP contribution is -2.40. The summed E-state index contributed by atoms with van der Waals surface area (Å²) in [7, 11) is 0.667. The zero-order valence-corrected chi connectivity index (χ0v) is 17.8. The van der Waals surface area contributed by atoms with Gasteiger partial charge in [0.1, 0.15) is 5.76 Å². The fourth-order valence-corrected chi connectivity index (χ4v) is 3.95. The highest BCUT2D eigenvalue weighted by atomic mass is 32.2. The number of rotatable bonds is 8. The van der Waals surface area contributed by atoms with Crippen molar-refractivity contribution in [2.24, 2.45) is 4.99 Å². The highest BCUT2D eigenvalue weighted by Crippen LogP contribution is 2.31. The topological polar surface area (TPSA) is 75.9 Å². The Hall–Kier alpha value is -2.80. The predicted octanol–water partition coefficient (Wildman–Crippen LogP) is 3.87. The highest BCUT2D eigenvalue weighted by Gasteiger charge is 2.15. The van der Waals surface area contributed by atoms with Crippen LogP contribution in [0.4, 0.5) is 0 Å². The molecule has 0 aliphatic heterocycles. The molecule has 29 heavy (non-hydrogen) atoms. The summed E-state index contributed by atoms with van der Waals surface area (Å²) in [6.07, 6.45) is 0. The van der Waals surface area contributed by atoms with E-state index in [1.54, 1.807) is 7.05 Å². The molecule has 3 aromatic rings. The molecule has 2 atom stereocenters. The Labute approximate surface area is 173 Å². The number of nitrogens with zero attached hydrogens (tertiary/aromatic N) is 1. The summed E-state index contributed by atoms with van der Waals surface area (Å²) in [5, 5.41) is 7.53. The van der Waals surface area contributed by atoms with Crippen molar-refractivity contribution in [2.45, 2.75) is 24.8 Å². The van der Waals surface area contributed by atoms with Crippen molar-refractivity contribution in [2.75, 3.05) is 26.0 Å². The molecule has 0 bridgehead atoms. The molecule has 2 aromatic carbocycles. The van der Waals surface area contributed by atoms with Crippen LogP contribution in [0.3, 0.4) is 0 Å². The summed E-state index contributed by atoms with van der Waals surface area (Å²) >= 11 is 0. The number of fused-ring (bicyclic) bond motifs is 1. The first kappa shape index (κ1) is 20.9. The van der Waals surface area contributed by atoms with Crippen molar-refractivity contribution in [3.05, 3.63) is 60.4 Å². The minimum atomic E-state index is -1.04. The maximum atomic E-state index is 12.3. The minimum absolute atomic E-state index is 0.0947. The summed E-state index contributed by atoms with van der Waals surface area (Å²) in [5.41, 5.74) is 0.749. The number of hydrogen-bond donors (Lipinski definition) is 2. The molecule has 7 heteroatoms. The van der Waals surface area contributed by atoms with Crippen LogP contribution >= 0.6 is 0 Å². The molecular weight excluding hydrogens is 386 g/mol. The molecule has 6 nitrogen and oxygen atoms in total. The third-order valence-corrected chi connectivity index (χ3v) is 5.79. The van der Waals surface area contributed by atoms with E-state index in [1.807, 2.05) is 68.4 Å². The lowest BCUT2D eigenvalue weighted by Gasteiger charge is -2.16. The van der Waals surface area contributed by atoms with Gasteiger partial charge >= 0.3 is 0 Å². The van der Waals surface area contributed by atoms with E-state index < -0.39 is 10.8 Å². The van der Waals surface area contributed by atoms with Crippen molar-refractivity contribution in [3.8, 4) is 5.75 Å². The number of furan rings is 1. The molecule has 0 aliphatic rings. The number of nitrogens with one attached hydrogen (secondary N) is 2. The molecule has 0 spiro atoms. The lowest BCUT2D eigenvalue weighted by atomic mass is 10.2. The van der Waals surface area contributed by atoms with Gasteiger partial charge in [0.2, 0.25) is 0 Å². The fourth-order valence-electron chi connectivity index (χ4n) is 2.96. The van der Waals surface area contributed by atoms with Crippen LogP contribution in [0.2, 0.25) is 0 Å². The molecule has 1 aromatic heterocycles. The molecule has 2 N–H and O–H groups in total. The normalized spacial score (nSPS) is 13.8. The fraction of sp³-hybridized carbons (Fsp3) is 0.318. The number of benzene rings is 2. The zero-order valence-electron chi connectivity index (χ0n) is 17.0. The summed E-state index contributed by atoms with van der Waals surface area (Å²) in [6, 6.07) is 17.2. The first-order chi connectivity index (χ1) is 14.1. The third-order valence-electron chi connectivity index (χ3n) is 4.42. The van der Waals surface area contributed by atoms with E-state index in [1.165, 1.54) is 0 Å². The van der Waals surface area contributed by atoms with E-state index in [9.17, 15) is 4.21 Å². The Morgan fingerprint density at radius 3 is 2.72 bits per heavy atom. The monoisotopic (exact) mass is 413 g/mol. The lowest BCUT2D eigenvalue weighted by molar-refractivity contribution is 0.336. The van der Waals surface area contributed by atoms with E-state index in [2.05, 4.69) is 15.6 Å². The largest absolute Gasteiger partial charge is 0.490 e. The van der Waals surface area contributed by atoms with Gasteiger partial charge in [-0.3, -0.25) is 9.20 Å². The van der Waals surface area contributed by atoms with E-state index >= 15 is 0 Å². The molecule has 1 heterocycles. The molecule has 0 fully saturated rings. The number of hydrogen-bond acceptors (Lipinski definition) is 4. The molecule has 0 amide bonds. The second-order valence-electron chi connectivity index (χ2n) is 6.48. The van der Waals surface area contributed by atoms with Crippen LogP contribution in [0.5, 0.6) is 5.75 Å². The second-order valence-corrected chi connectivity index (χ2v) is 8.05. The van der Waals surface area contributed by atoms with Gasteiger partial charge < -0.3 is 19.8 Å². The highest BCUT2D eigenvalue weighted by molar-refractivity contribution is 7.85. The SMILES string of the molecule is CCOc1cccc2cc(C(C)NC(=NC)NCCS(=O)c3ccccc3)oc12. The third kappa shape index (κ3) is 5.38. The first-order valence-electron chi connectivity index (χ1n) is 9.68. The van der Waals surface area contributed by atoms with E-state index in [-0.39, 0.29) is 6.04 Å². The standard InChI is InChI=1S/C22H27N3O3S/c1-4-27-19-12-8-9-17-15-20(28-21(17)19)16(2)25-22(23-3)24-13-14-29(26)18-10-6-5-7-11-18/h5-12,15-16H,4,13-14H2,1-3H3,(H2,23,24,25). The van der Waals surface area contributed by atoms with Crippen molar-refractivity contribution < 1.29 is 13.4 Å². The van der Waals surface area contributed by atoms with Crippen LogP contribution in [0, 0.1) is 0 Å². The van der Waals surface area contributed by atoms with Crippen LogP contribution in [-0.4, -0.2) is 36.1 Å². The first-order valence-corrected chi connectivity index (χ1v) is 11.0. The molecule has 154 valence electrons. The maximum absolute atomic E-state index is 12.3. The minimum Gasteiger partial charge on any atom is -0.490 e. The van der Waals surface area contributed by atoms with Gasteiger partial charge in [-0.15, -0.1) is 0 Å². The van der Waals surface area contributed by atoms with Gasteiger partial charge in [0, 0.05) is 29.6 Å². The van der Waals surface area contributed by atoms with Gasteiger partial charge in [-0.25, -0.2) is 0 Å². The van der Waals surface area contributed by atoms with Crippen LogP contribution < -0.4 is 15.4 Å². The Bertz CT molecular complexity index is 985. The van der Waals surface area contributed by atoms with Crippen molar-refractivity contribution in [3.63, 3.8) is 0 Å². The molecule has 3 rings (SSSR count). The predicted molar refractivity (Wildman–Crippen MR) is 118 cm³/mol. The van der Waals surface area contributed by atoms with Crippen molar-refractivity contribution >= 4 is 27.7 Å². The Morgan fingerprint density at radius 1 is 1.21 bits per heavy atom. The number of ether oxygens (including phenoxy) is 1. The average Bonchev–Trinajstić information content (AvgIpc) is 3.19. The van der Waals surface area contributed by atoms with Crippen LogP contribution in [0.25, 0.3) is 11.0 Å². The molecule has 0 saturated heterocycles. The summed E-state index contributed by atoms with van der Waals surface area (Å²) in [5.74, 6) is 2.67. The molecule has 2 unspecified atom stereocenters. The van der Waals surface area contributed by atoms with Gasteiger partial charge in [0.25, 0.3) is 0 Å². The second kappa shape index (κ2) is 10.1. The number of guanidine groups is 1. The number of aliphatic imine (C=N–C) groups is 1. The van der Waals surface area contributed by atoms with Gasteiger partial charge in [-0.2, -0.15) is 0 Å². The smallest absolute Gasteiger partial charge is 0.191 e. The van der Waals surface area contributed by atoms with Crippen LogP contribution in [0.15, 0.2) is 68.9 Å². The van der Waals surface area contributed by atoms with Crippen molar-refractivity contribution in [1.29, 1.82) is 0 Å². The van der Waals surface area contributed by atoms with E-state index in [0.29, 0.717) is 24.9 Å². The van der Waals surface area contributed by atoms with Gasteiger partial charge in [0.15, 0.2) is 17.3 Å². The van der Waals surface area contributed by atoms with Gasteiger partial charge in [-0.05, 0) is 38.1 Å². The van der Waals surface area contributed by atoms with E-state index in [4.69, 9.17) is 9.15 Å². The molecular formula is C22H27N3O3S. The van der Waals surface area contributed by atoms with E-state index in [0.717, 1.165) is 27.4 Å². The Kier molecular flexibility index (Phi) is 7.30.